The van der Waals surface area contributed by atoms with E-state index in [9.17, 15) is 4.79 Å². The maximum absolute atomic E-state index is 11.6. The van der Waals surface area contributed by atoms with Crippen molar-refractivity contribution in [2.45, 2.75) is 64.4 Å². The summed E-state index contributed by atoms with van der Waals surface area (Å²) in [7, 11) is -1.99. The zero-order chi connectivity index (χ0) is 24.9. The fraction of sp³-hybridized carbons (Fsp3) is 0.600. The summed E-state index contributed by atoms with van der Waals surface area (Å²) >= 11 is 0. The first kappa shape index (κ1) is 26.2. The smallest absolute Gasteiger partial charge is 0.268 e. The molecule has 1 saturated heterocycles. The van der Waals surface area contributed by atoms with Gasteiger partial charge in [-0.3, -0.25) is 4.79 Å². The number of morpholine rings is 1. The fourth-order valence-electron chi connectivity index (χ4n) is 3.88. The number of carbonyl (C=O) groups excluding carboxylic acids is 1. The van der Waals surface area contributed by atoms with Crippen LogP contribution in [0.1, 0.15) is 50.6 Å². The van der Waals surface area contributed by atoms with Crippen molar-refractivity contribution in [1.82, 2.24) is 9.55 Å². The molecule has 188 valence electrons. The topological polar surface area (TPSA) is 91.8 Å². The molecule has 1 fully saturated rings. The summed E-state index contributed by atoms with van der Waals surface area (Å²) in [5, 5.41) is 0.0928. The van der Waals surface area contributed by atoms with Gasteiger partial charge >= 0.3 is 0 Å². The first-order valence-electron chi connectivity index (χ1n) is 12.0. The lowest BCUT2D eigenvalue weighted by Gasteiger charge is -2.40. The van der Waals surface area contributed by atoms with E-state index in [1.165, 1.54) is 0 Å². The minimum Gasteiger partial charge on any atom is -0.493 e. The van der Waals surface area contributed by atoms with Crippen LogP contribution in [0, 0.1) is 0 Å². The van der Waals surface area contributed by atoms with Crippen LogP contribution in [0.25, 0.3) is 0 Å². The molecule has 8 nitrogen and oxygen atoms in total. The Morgan fingerprint density at radius 1 is 1.26 bits per heavy atom. The third-order valence-electron chi connectivity index (χ3n) is 6.94. The normalized spacial score (nSPS) is 16.8. The van der Waals surface area contributed by atoms with Crippen molar-refractivity contribution in [3.05, 3.63) is 42.5 Å². The molecule has 34 heavy (non-hydrogen) atoms. The Hall–Kier alpha value is -2.36. The van der Waals surface area contributed by atoms with Gasteiger partial charge in [0.2, 0.25) is 0 Å². The van der Waals surface area contributed by atoms with Crippen LogP contribution in [0.3, 0.4) is 0 Å². The lowest BCUT2D eigenvalue weighted by Crippen LogP contribution is -2.45. The number of hydrogen-bond donors (Lipinski definition) is 1. The van der Waals surface area contributed by atoms with E-state index in [4.69, 9.17) is 19.6 Å². The minimum absolute atomic E-state index is 0.0443. The molecule has 2 aromatic rings. The maximum atomic E-state index is 11.6. The van der Waals surface area contributed by atoms with Gasteiger partial charge in [-0.1, -0.05) is 26.8 Å². The standard InChI is InChI=1S/C25H40N4O4Si/c1-19(33-34(5,6)25(2,3)4)23(29-17-22(24(26)30)27-18-29)10-13-32-21-9-7-8-20(16-21)28-11-14-31-15-12-28/h7-9,16-19,23H,10-15H2,1-6H3,(H2,26,30). The van der Waals surface area contributed by atoms with E-state index < -0.39 is 14.2 Å². The van der Waals surface area contributed by atoms with Crippen molar-refractivity contribution in [2.75, 3.05) is 37.8 Å². The van der Waals surface area contributed by atoms with E-state index >= 15 is 0 Å². The fourth-order valence-corrected chi connectivity index (χ4v) is 5.32. The van der Waals surface area contributed by atoms with E-state index in [-0.39, 0.29) is 22.9 Å². The van der Waals surface area contributed by atoms with Crippen LogP contribution in [-0.2, 0) is 9.16 Å². The van der Waals surface area contributed by atoms with E-state index in [1.54, 1.807) is 12.5 Å². The summed E-state index contributed by atoms with van der Waals surface area (Å²) < 4.78 is 20.3. The second kappa shape index (κ2) is 10.9. The van der Waals surface area contributed by atoms with Crippen molar-refractivity contribution in [2.24, 2.45) is 5.73 Å². The van der Waals surface area contributed by atoms with Crippen LogP contribution in [0.15, 0.2) is 36.8 Å². The molecular formula is C25H40N4O4Si. The van der Waals surface area contributed by atoms with Crippen molar-refractivity contribution in [3.8, 4) is 5.75 Å². The first-order valence-corrected chi connectivity index (χ1v) is 15.0. The number of carbonyl (C=O) groups is 1. The molecule has 0 spiro atoms. The van der Waals surface area contributed by atoms with E-state index in [2.05, 4.69) is 62.8 Å². The SMILES string of the molecule is CC(O[Si](C)(C)C(C)(C)C)C(CCOc1cccc(N2CCOCC2)c1)n1cnc(C(N)=O)c1. The van der Waals surface area contributed by atoms with E-state index in [1.807, 2.05) is 16.7 Å². The number of anilines is 1. The van der Waals surface area contributed by atoms with Gasteiger partial charge in [-0.15, -0.1) is 0 Å². The molecule has 0 radical (unpaired) electrons. The lowest BCUT2D eigenvalue weighted by molar-refractivity contribution is 0.0994. The zero-order valence-corrected chi connectivity index (χ0v) is 22.4. The van der Waals surface area contributed by atoms with Crippen LogP contribution < -0.4 is 15.4 Å². The van der Waals surface area contributed by atoms with Crippen LogP contribution in [0.2, 0.25) is 18.1 Å². The molecule has 1 aliphatic rings. The molecule has 0 saturated carbocycles. The van der Waals surface area contributed by atoms with Gasteiger partial charge in [0, 0.05) is 37.5 Å². The predicted molar refractivity (Wildman–Crippen MR) is 137 cm³/mol. The average molecular weight is 489 g/mol. The number of hydrogen-bond acceptors (Lipinski definition) is 6. The summed E-state index contributed by atoms with van der Waals surface area (Å²) in [4.78, 5) is 18.1. The van der Waals surface area contributed by atoms with Gasteiger partial charge in [-0.05, 0) is 37.2 Å². The molecule has 1 aliphatic heterocycles. The lowest BCUT2D eigenvalue weighted by atomic mass is 10.1. The number of amides is 1. The van der Waals surface area contributed by atoms with Gasteiger partial charge in [0.25, 0.3) is 5.91 Å². The number of aromatic nitrogens is 2. The van der Waals surface area contributed by atoms with Crippen LogP contribution in [-0.4, -0.2) is 62.8 Å². The first-order chi connectivity index (χ1) is 16.0. The summed E-state index contributed by atoms with van der Waals surface area (Å²) in [6.07, 6.45) is 3.98. The molecule has 3 rings (SSSR count). The molecule has 1 amide bonds. The van der Waals surface area contributed by atoms with Crippen molar-refractivity contribution >= 4 is 19.9 Å². The van der Waals surface area contributed by atoms with Crippen molar-refractivity contribution in [3.63, 3.8) is 0 Å². The largest absolute Gasteiger partial charge is 0.493 e. The Balaban J connectivity index is 1.71. The second-order valence-corrected chi connectivity index (χ2v) is 15.2. The predicted octanol–water partition coefficient (Wildman–Crippen LogP) is 4.24. The number of primary amides is 1. The average Bonchev–Trinajstić information content (AvgIpc) is 3.26. The Kier molecular flexibility index (Phi) is 8.43. The number of ether oxygens (including phenoxy) is 2. The van der Waals surface area contributed by atoms with Gasteiger partial charge in [0.15, 0.2) is 8.32 Å². The minimum atomic E-state index is -1.99. The molecule has 2 heterocycles. The molecule has 1 aromatic heterocycles. The Morgan fingerprint density at radius 2 is 1.97 bits per heavy atom. The zero-order valence-electron chi connectivity index (χ0n) is 21.4. The molecule has 0 bridgehead atoms. The monoisotopic (exact) mass is 488 g/mol. The van der Waals surface area contributed by atoms with Gasteiger partial charge < -0.3 is 29.1 Å². The molecule has 2 unspecified atom stereocenters. The Morgan fingerprint density at radius 3 is 2.59 bits per heavy atom. The van der Waals surface area contributed by atoms with Crippen LogP contribution in [0.5, 0.6) is 5.75 Å². The number of benzene rings is 1. The number of rotatable bonds is 10. The Labute approximate surface area is 204 Å². The Bertz CT molecular complexity index is 950. The summed E-state index contributed by atoms with van der Waals surface area (Å²) in [6.45, 7) is 17.0. The molecule has 2 N–H and O–H groups in total. The van der Waals surface area contributed by atoms with Gasteiger partial charge in [0.05, 0.1) is 38.3 Å². The molecule has 0 aliphatic carbocycles. The highest BCUT2D eigenvalue weighted by Crippen LogP contribution is 2.39. The number of nitrogens with two attached hydrogens (primary N) is 1. The van der Waals surface area contributed by atoms with Crippen molar-refractivity contribution in [1.29, 1.82) is 0 Å². The summed E-state index contributed by atoms with van der Waals surface area (Å²) in [6, 6.07) is 8.15. The van der Waals surface area contributed by atoms with Crippen LogP contribution >= 0.6 is 0 Å². The van der Waals surface area contributed by atoms with Gasteiger partial charge in [-0.25, -0.2) is 4.98 Å². The summed E-state index contributed by atoms with van der Waals surface area (Å²) in [5.41, 5.74) is 6.84. The third kappa shape index (κ3) is 6.61. The molecule has 2 atom stereocenters. The second-order valence-electron chi connectivity index (χ2n) is 10.5. The van der Waals surface area contributed by atoms with Crippen molar-refractivity contribution < 1.29 is 18.7 Å². The maximum Gasteiger partial charge on any atom is 0.268 e. The third-order valence-corrected chi connectivity index (χ3v) is 11.5. The highest BCUT2D eigenvalue weighted by atomic mass is 28.4. The number of nitrogens with zero attached hydrogens (tertiary/aromatic N) is 3. The van der Waals surface area contributed by atoms with Crippen LogP contribution in [0.4, 0.5) is 5.69 Å². The quantitative estimate of drug-likeness (QED) is 0.503. The summed E-state index contributed by atoms with van der Waals surface area (Å²) in [5.74, 6) is 0.302. The van der Waals surface area contributed by atoms with Gasteiger partial charge in [-0.2, -0.15) is 0 Å². The van der Waals surface area contributed by atoms with E-state index in [0.29, 0.717) is 13.0 Å². The highest BCUT2D eigenvalue weighted by molar-refractivity contribution is 6.74. The van der Waals surface area contributed by atoms with E-state index in [0.717, 1.165) is 37.7 Å². The number of imidazole rings is 1. The molecule has 9 heteroatoms. The highest BCUT2D eigenvalue weighted by Gasteiger charge is 2.40. The molecular weight excluding hydrogens is 448 g/mol. The van der Waals surface area contributed by atoms with Gasteiger partial charge in [0.1, 0.15) is 11.4 Å². The molecule has 1 aromatic carbocycles.